The van der Waals surface area contributed by atoms with Gasteiger partial charge in [0.1, 0.15) is 0 Å². The van der Waals surface area contributed by atoms with E-state index in [-0.39, 0.29) is 12.6 Å². The summed E-state index contributed by atoms with van der Waals surface area (Å²) in [5.41, 5.74) is 7.32. The second-order valence-electron chi connectivity index (χ2n) is 7.29. The van der Waals surface area contributed by atoms with Gasteiger partial charge in [-0.1, -0.05) is 101 Å². The first-order valence-electron chi connectivity index (χ1n) is 10.2. The van der Waals surface area contributed by atoms with Crippen molar-refractivity contribution < 1.29 is 5.11 Å². The van der Waals surface area contributed by atoms with Crippen LogP contribution in [0.15, 0.2) is 83.9 Å². The Labute approximate surface area is 188 Å². The van der Waals surface area contributed by atoms with Gasteiger partial charge in [-0.3, -0.25) is 0 Å². The maximum absolute atomic E-state index is 9.48. The van der Waals surface area contributed by atoms with E-state index < -0.39 is 0 Å². The molecule has 1 unspecified atom stereocenters. The van der Waals surface area contributed by atoms with E-state index in [1.807, 2.05) is 35.3 Å². The van der Waals surface area contributed by atoms with Crippen molar-refractivity contribution in [3.8, 4) is 0 Å². The highest BCUT2D eigenvalue weighted by Crippen LogP contribution is 2.27. The third-order valence-corrected chi connectivity index (χ3v) is 5.46. The molecule has 30 heavy (non-hydrogen) atoms. The number of aliphatic hydroxyl groups is 1. The van der Waals surface area contributed by atoms with Crippen molar-refractivity contribution in [3.05, 3.63) is 117 Å². The standard InChI is InChI=1S/C19H21NO.C8H7Br/c1-14-11-16-9-10-20-19(18(16)12-17(14)13-21)8-7-15-5-3-2-4-6-15;9-7-6-8-4-2-1-3-5-8/h2-8,11-12,19-21H,9-10,13H2,1H3;1-7H/b8-7+;7-6+. The van der Waals surface area contributed by atoms with Crippen molar-refractivity contribution in [3.63, 3.8) is 0 Å². The van der Waals surface area contributed by atoms with E-state index in [1.54, 1.807) is 0 Å². The fourth-order valence-corrected chi connectivity index (χ4v) is 3.87. The number of aryl methyl sites for hydroxylation is 1. The molecule has 2 N–H and O–H groups in total. The van der Waals surface area contributed by atoms with Gasteiger partial charge < -0.3 is 10.4 Å². The van der Waals surface area contributed by atoms with Crippen LogP contribution in [0.2, 0.25) is 0 Å². The smallest absolute Gasteiger partial charge is 0.0684 e. The largest absolute Gasteiger partial charge is 0.392 e. The number of rotatable bonds is 4. The second-order valence-corrected chi connectivity index (χ2v) is 7.82. The second kappa shape index (κ2) is 11.7. The topological polar surface area (TPSA) is 32.3 Å². The quantitative estimate of drug-likeness (QED) is 0.468. The minimum atomic E-state index is 0.105. The van der Waals surface area contributed by atoms with Crippen molar-refractivity contribution in [1.82, 2.24) is 5.32 Å². The molecule has 1 heterocycles. The molecule has 0 bridgehead atoms. The summed E-state index contributed by atoms with van der Waals surface area (Å²) in [5.74, 6) is 0. The average Bonchev–Trinajstić information content (AvgIpc) is 2.79. The molecule has 3 heteroatoms. The Morgan fingerprint density at radius 1 is 0.967 bits per heavy atom. The van der Waals surface area contributed by atoms with Crippen LogP contribution < -0.4 is 5.32 Å². The summed E-state index contributed by atoms with van der Waals surface area (Å²) in [6, 6.07) is 25.1. The van der Waals surface area contributed by atoms with Crippen molar-refractivity contribution in [2.24, 2.45) is 0 Å². The first-order chi connectivity index (χ1) is 14.7. The van der Waals surface area contributed by atoms with Crippen LogP contribution in [0.1, 0.15) is 39.4 Å². The van der Waals surface area contributed by atoms with Gasteiger partial charge in [0.25, 0.3) is 0 Å². The zero-order chi connectivity index (χ0) is 21.2. The zero-order valence-electron chi connectivity index (χ0n) is 17.3. The zero-order valence-corrected chi connectivity index (χ0v) is 18.8. The molecule has 154 valence electrons. The molecule has 0 fully saturated rings. The third-order valence-electron chi connectivity index (χ3n) is 5.20. The lowest BCUT2D eigenvalue weighted by atomic mass is 9.90. The number of halogens is 1. The fraction of sp³-hybridized carbons (Fsp3) is 0.185. The van der Waals surface area contributed by atoms with Gasteiger partial charge in [-0.15, -0.1) is 0 Å². The predicted molar refractivity (Wildman–Crippen MR) is 131 cm³/mol. The minimum Gasteiger partial charge on any atom is -0.392 e. The van der Waals surface area contributed by atoms with Crippen LogP contribution in [0.5, 0.6) is 0 Å². The maximum atomic E-state index is 9.48. The Hall–Kier alpha value is -2.46. The first kappa shape index (κ1) is 22.2. The van der Waals surface area contributed by atoms with Crippen molar-refractivity contribution in [2.45, 2.75) is 26.0 Å². The molecule has 1 atom stereocenters. The molecular formula is C27H28BrNO. The molecule has 0 aliphatic carbocycles. The molecule has 0 radical (unpaired) electrons. The van der Waals surface area contributed by atoms with Crippen LogP contribution in [0.25, 0.3) is 12.2 Å². The molecule has 0 amide bonds. The van der Waals surface area contributed by atoms with E-state index in [4.69, 9.17) is 0 Å². The van der Waals surface area contributed by atoms with Gasteiger partial charge in [0, 0.05) is 6.54 Å². The molecule has 3 aromatic carbocycles. The molecule has 0 spiro atoms. The van der Waals surface area contributed by atoms with Gasteiger partial charge >= 0.3 is 0 Å². The lowest BCUT2D eigenvalue weighted by molar-refractivity contribution is 0.280. The first-order valence-corrected chi connectivity index (χ1v) is 11.1. The normalized spacial score (nSPS) is 15.6. The van der Waals surface area contributed by atoms with Gasteiger partial charge in [-0.2, -0.15) is 0 Å². The van der Waals surface area contributed by atoms with Crippen LogP contribution >= 0.6 is 15.9 Å². The van der Waals surface area contributed by atoms with Gasteiger partial charge in [0.15, 0.2) is 0 Å². The van der Waals surface area contributed by atoms with Gasteiger partial charge in [0.2, 0.25) is 0 Å². The average molecular weight is 462 g/mol. The molecular weight excluding hydrogens is 434 g/mol. The molecule has 0 saturated carbocycles. The Bertz CT molecular complexity index is 981. The lowest BCUT2D eigenvalue weighted by Crippen LogP contribution is -2.28. The summed E-state index contributed by atoms with van der Waals surface area (Å²) < 4.78 is 0. The summed E-state index contributed by atoms with van der Waals surface area (Å²) in [5, 5.41) is 13.0. The van der Waals surface area contributed by atoms with Crippen LogP contribution in [-0.4, -0.2) is 11.7 Å². The van der Waals surface area contributed by atoms with Gasteiger partial charge in [0.05, 0.1) is 12.6 Å². The van der Waals surface area contributed by atoms with Crippen LogP contribution in [0, 0.1) is 6.92 Å². The SMILES string of the molecule is Br/C=C/c1ccccc1.Cc1cc2c(cc1CO)C(/C=C/c1ccccc1)NCC2. The number of hydrogen-bond acceptors (Lipinski definition) is 2. The molecule has 1 aliphatic heterocycles. The molecule has 0 aromatic heterocycles. The number of aliphatic hydroxyl groups excluding tert-OH is 1. The minimum absolute atomic E-state index is 0.105. The highest BCUT2D eigenvalue weighted by molar-refractivity contribution is 9.11. The lowest BCUT2D eigenvalue weighted by Gasteiger charge is -2.26. The summed E-state index contributed by atoms with van der Waals surface area (Å²) in [4.78, 5) is 1.85. The Morgan fingerprint density at radius 3 is 2.20 bits per heavy atom. The molecule has 4 rings (SSSR count). The highest BCUT2D eigenvalue weighted by atomic mass is 79.9. The van der Waals surface area contributed by atoms with Crippen LogP contribution in [-0.2, 0) is 13.0 Å². The molecule has 3 aromatic rings. The van der Waals surface area contributed by atoms with E-state index in [1.165, 1.54) is 27.8 Å². The van der Waals surface area contributed by atoms with E-state index in [0.717, 1.165) is 18.5 Å². The summed E-state index contributed by atoms with van der Waals surface area (Å²) in [6.45, 7) is 3.17. The van der Waals surface area contributed by atoms with Crippen molar-refractivity contribution in [2.75, 3.05) is 6.54 Å². The highest BCUT2D eigenvalue weighted by Gasteiger charge is 2.18. The fourth-order valence-electron chi connectivity index (χ4n) is 3.56. The molecule has 0 saturated heterocycles. The summed E-state index contributed by atoms with van der Waals surface area (Å²) >= 11 is 3.21. The Morgan fingerprint density at radius 2 is 1.60 bits per heavy atom. The predicted octanol–water partition coefficient (Wildman–Crippen LogP) is 6.44. The number of fused-ring (bicyclic) bond motifs is 1. The Balaban J connectivity index is 0.000000239. The van der Waals surface area contributed by atoms with E-state index in [0.29, 0.717) is 0 Å². The number of nitrogens with one attached hydrogen (secondary N) is 1. The number of hydrogen-bond donors (Lipinski definition) is 2. The monoisotopic (exact) mass is 461 g/mol. The molecule has 1 aliphatic rings. The van der Waals surface area contributed by atoms with Crippen LogP contribution in [0.3, 0.4) is 0 Å². The van der Waals surface area contributed by atoms with E-state index in [9.17, 15) is 5.11 Å². The van der Waals surface area contributed by atoms with Gasteiger partial charge in [-0.05, 0) is 57.8 Å². The summed E-state index contributed by atoms with van der Waals surface area (Å²) in [6.07, 6.45) is 7.42. The van der Waals surface area contributed by atoms with Gasteiger partial charge in [-0.25, -0.2) is 0 Å². The molecule has 2 nitrogen and oxygen atoms in total. The third kappa shape index (κ3) is 6.27. The Kier molecular flexibility index (Phi) is 8.64. The van der Waals surface area contributed by atoms with Crippen molar-refractivity contribution >= 4 is 28.1 Å². The van der Waals surface area contributed by atoms with E-state index >= 15 is 0 Å². The van der Waals surface area contributed by atoms with Crippen molar-refractivity contribution in [1.29, 1.82) is 0 Å². The van der Waals surface area contributed by atoms with E-state index in [2.05, 4.69) is 88.9 Å². The number of benzene rings is 3. The summed E-state index contributed by atoms with van der Waals surface area (Å²) in [7, 11) is 0. The van der Waals surface area contributed by atoms with Crippen LogP contribution in [0.4, 0.5) is 0 Å². The maximum Gasteiger partial charge on any atom is 0.0684 e.